The number of carbonyl (C=O) groups excluding carboxylic acids is 3. The van der Waals surface area contributed by atoms with Gasteiger partial charge in [-0.3, -0.25) is 14.9 Å². The predicted molar refractivity (Wildman–Crippen MR) is 131 cm³/mol. The van der Waals surface area contributed by atoms with E-state index in [1.165, 1.54) is 12.1 Å². The molecule has 33 heavy (non-hydrogen) atoms. The second kappa shape index (κ2) is 11.1. The lowest BCUT2D eigenvalue weighted by Gasteiger charge is -2.27. The van der Waals surface area contributed by atoms with Crippen LogP contribution in [0.15, 0.2) is 35.9 Å². The van der Waals surface area contributed by atoms with Crippen molar-refractivity contribution in [1.29, 1.82) is 0 Å². The Morgan fingerprint density at radius 2 is 1.70 bits per heavy atom. The van der Waals surface area contributed by atoms with Gasteiger partial charge in [-0.05, 0) is 54.8 Å². The maximum atomic E-state index is 13.1. The molecule has 4 amide bonds. The summed E-state index contributed by atoms with van der Waals surface area (Å²) in [5.41, 5.74) is 1.10. The molecule has 9 heteroatoms. The van der Waals surface area contributed by atoms with Gasteiger partial charge in [-0.2, -0.15) is 0 Å². The standard InChI is InChI=1S/C24H23Cl3N2O4/c1-3-4-5-6-9-33-21-18(26)11-15(12-19(21)27)10-17-22(30)28-24(32)29(23(17)31)20-13-16(25)8-7-14(20)2/h7-8,10-13H,3-6,9H2,1-2H3,(H,28,30,32)/b17-10+. The van der Waals surface area contributed by atoms with E-state index in [0.717, 1.165) is 30.6 Å². The van der Waals surface area contributed by atoms with Crippen LogP contribution in [0.4, 0.5) is 10.5 Å². The van der Waals surface area contributed by atoms with E-state index >= 15 is 0 Å². The number of urea groups is 1. The number of nitrogens with one attached hydrogen (secondary N) is 1. The average molecular weight is 510 g/mol. The molecule has 0 bridgehead atoms. The maximum absolute atomic E-state index is 13.1. The first-order chi connectivity index (χ1) is 15.7. The van der Waals surface area contributed by atoms with Gasteiger partial charge in [-0.25, -0.2) is 9.69 Å². The zero-order valence-corrected chi connectivity index (χ0v) is 20.5. The van der Waals surface area contributed by atoms with Crippen LogP contribution in [0.25, 0.3) is 6.08 Å². The first-order valence-corrected chi connectivity index (χ1v) is 11.7. The van der Waals surface area contributed by atoms with Crippen molar-refractivity contribution in [2.75, 3.05) is 11.5 Å². The van der Waals surface area contributed by atoms with Crippen LogP contribution in [0.3, 0.4) is 0 Å². The molecular formula is C24H23Cl3N2O4. The van der Waals surface area contributed by atoms with E-state index in [9.17, 15) is 14.4 Å². The Labute approximate surface area is 207 Å². The molecule has 3 rings (SSSR count). The van der Waals surface area contributed by atoms with Crippen LogP contribution < -0.4 is 15.0 Å². The van der Waals surface area contributed by atoms with E-state index in [4.69, 9.17) is 39.5 Å². The summed E-state index contributed by atoms with van der Waals surface area (Å²) in [6.45, 7) is 4.34. The normalized spacial score (nSPS) is 15.2. The van der Waals surface area contributed by atoms with Crippen molar-refractivity contribution in [3.05, 3.63) is 62.1 Å². The fourth-order valence-electron chi connectivity index (χ4n) is 3.37. The number of imide groups is 2. The lowest BCUT2D eigenvalue weighted by molar-refractivity contribution is -0.122. The number of aryl methyl sites for hydroxylation is 1. The van der Waals surface area contributed by atoms with E-state index in [1.807, 2.05) is 0 Å². The first-order valence-electron chi connectivity index (χ1n) is 10.5. The van der Waals surface area contributed by atoms with Crippen LogP contribution in [0, 0.1) is 6.92 Å². The van der Waals surface area contributed by atoms with E-state index in [-0.39, 0.29) is 21.3 Å². The molecule has 6 nitrogen and oxygen atoms in total. The smallest absolute Gasteiger partial charge is 0.335 e. The van der Waals surface area contributed by atoms with Crippen LogP contribution in [0.5, 0.6) is 5.75 Å². The Kier molecular flexibility index (Phi) is 8.40. The van der Waals surface area contributed by atoms with Crippen molar-refractivity contribution >= 4 is 64.4 Å². The van der Waals surface area contributed by atoms with Gasteiger partial charge < -0.3 is 4.74 Å². The van der Waals surface area contributed by atoms with Crippen LogP contribution in [0.1, 0.15) is 43.7 Å². The maximum Gasteiger partial charge on any atom is 0.335 e. The van der Waals surface area contributed by atoms with Gasteiger partial charge in [0.15, 0.2) is 5.75 Å². The summed E-state index contributed by atoms with van der Waals surface area (Å²) < 4.78 is 5.72. The Morgan fingerprint density at radius 3 is 2.36 bits per heavy atom. The first kappa shape index (κ1) is 25.1. The van der Waals surface area contributed by atoms with Gasteiger partial charge in [-0.15, -0.1) is 0 Å². The molecule has 2 aromatic rings. The van der Waals surface area contributed by atoms with Crippen molar-refractivity contribution in [3.8, 4) is 5.75 Å². The number of carbonyl (C=O) groups is 3. The third-order valence-corrected chi connectivity index (χ3v) is 5.89. The molecular weight excluding hydrogens is 487 g/mol. The van der Waals surface area contributed by atoms with Gasteiger partial charge in [0.2, 0.25) is 0 Å². The minimum atomic E-state index is -0.851. The Morgan fingerprint density at radius 1 is 1.00 bits per heavy atom. The number of halogens is 3. The minimum absolute atomic E-state index is 0.241. The van der Waals surface area contributed by atoms with Crippen molar-refractivity contribution < 1.29 is 19.1 Å². The second-order valence-electron chi connectivity index (χ2n) is 7.61. The highest BCUT2D eigenvalue weighted by Crippen LogP contribution is 2.35. The molecule has 0 unspecified atom stereocenters. The van der Waals surface area contributed by atoms with Gasteiger partial charge in [0.1, 0.15) is 5.57 Å². The molecule has 0 aromatic heterocycles. The third-order valence-electron chi connectivity index (χ3n) is 5.09. The Hall–Kier alpha value is -2.54. The summed E-state index contributed by atoms with van der Waals surface area (Å²) in [5, 5.41) is 3.05. The SMILES string of the molecule is CCCCCCOc1c(Cl)cc(/C=C2\C(=O)NC(=O)N(c3cc(Cl)ccc3C)C2=O)cc1Cl. The van der Waals surface area contributed by atoms with Gasteiger partial charge in [0.25, 0.3) is 11.8 Å². The third kappa shape index (κ3) is 5.88. The minimum Gasteiger partial charge on any atom is -0.490 e. The van der Waals surface area contributed by atoms with Crippen LogP contribution in [0.2, 0.25) is 15.1 Å². The van der Waals surface area contributed by atoms with Crippen molar-refractivity contribution in [3.63, 3.8) is 0 Å². The van der Waals surface area contributed by atoms with Crippen molar-refractivity contribution in [2.24, 2.45) is 0 Å². The number of ether oxygens (including phenoxy) is 1. The molecule has 1 aliphatic heterocycles. The summed E-state index contributed by atoms with van der Waals surface area (Å²) in [5.74, 6) is -1.25. The summed E-state index contributed by atoms with van der Waals surface area (Å²) in [6.07, 6.45) is 5.51. The number of benzene rings is 2. The molecule has 1 saturated heterocycles. The molecule has 0 radical (unpaired) electrons. The fourth-order valence-corrected chi connectivity index (χ4v) is 4.15. The molecule has 2 aromatic carbocycles. The number of anilines is 1. The number of nitrogens with zero attached hydrogens (tertiary/aromatic N) is 1. The molecule has 0 saturated carbocycles. The number of unbranched alkanes of at least 4 members (excludes halogenated alkanes) is 3. The zero-order valence-electron chi connectivity index (χ0n) is 18.2. The topological polar surface area (TPSA) is 75.7 Å². The van der Waals surface area contributed by atoms with Gasteiger partial charge in [0, 0.05) is 5.02 Å². The molecule has 174 valence electrons. The van der Waals surface area contributed by atoms with E-state index in [1.54, 1.807) is 31.2 Å². The number of rotatable bonds is 8. The number of hydrogen-bond donors (Lipinski definition) is 1. The monoisotopic (exact) mass is 508 g/mol. The number of hydrogen-bond acceptors (Lipinski definition) is 4. The van der Waals surface area contributed by atoms with Crippen LogP contribution in [-0.4, -0.2) is 24.5 Å². The number of barbiturate groups is 1. The van der Waals surface area contributed by atoms with E-state index in [0.29, 0.717) is 28.5 Å². The zero-order chi connectivity index (χ0) is 24.1. The quantitative estimate of drug-likeness (QED) is 0.248. The summed E-state index contributed by atoms with van der Waals surface area (Å²) in [4.78, 5) is 38.9. The van der Waals surface area contributed by atoms with E-state index < -0.39 is 17.8 Å². The summed E-state index contributed by atoms with van der Waals surface area (Å²) in [6, 6.07) is 7.06. The number of amides is 4. The van der Waals surface area contributed by atoms with Gasteiger partial charge >= 0.3 is 6.03 Å². The van der Waals surface area contributed by atoms with Gasteiger partial charge in [-0.1, -0.05) is 67.1 Å². The largest absolute Gasteiger partial charge is 0.490 e. The van der Waals surface area contributed by atoms with E-state index in [2.05, 4.69) is 12.2 Å². The highest BCUT2D eigenvalue weighted by molar-refractivity contribution is 6.40. The molecule has 0 spiro atoms. The average Bonchev–Trinajstić information content (AvgIpc) is 2.75. The summed E-state index contributed by atoms with van der Waals surface area (Å²) in [7, 11) is 0. The second-order valence-corrected chi connectivity index (χ2v) is 8.86. The lowest BCUT2D eigenvalue weighted by atomic mass is 10.1. The molecule has 0 aliphatic carbocycles. The van der Waals surface area contributed by atoms with Crippen molar-refractivity contribution in [2.45, 2.75) is 39.5 Å². The summed E-state index contributed by atoms with van der Waals surface area (Å²) >= 11 is 18.7. The molecule has 1 N–H and O–H groups in total. The predicted octanol–water partition coefficient (Wildman–Crippen LogP) is 6.58. The Bertz CT molecular complexity index is 1110. The van der Waals surface area contributed by atoms with Crippen LogP contribution in [-0.2, 0) is 9.59 Å². The van der Waals surface area contributed by atoms with Gasteiger partial charge in [0.05, 0.1) is 22.3 Å². The highest BCUT2D eigenvalue weighted by atomic mass is 35.5. The molecule has 1 fully saturated rings. The molecule has 0 atom stereocenters. The van der Waals surface area contributed by atoms with Crippen molar-refractivity contribution in [1.82, 2.24) is 5.32 Å². The fraction of sp³-hybridized carbons (Fsp3) is 0.292. The molecule has 1 heterocycles. The molecule has 1 aliphatic rings. The van der Waals surface area contributed by atoms with Crippen LogP contribution >= 0.6 is 34.8 Å². The highest BCUT2D eigenvalue weighted by Gasteiger charge is 2.37. The Balaban J connectivity index is 1.88. The lowest BCUT2D eigenvalue weighted by Crippen LogP contribution is -2.54.